The first-order valence-electron chi connectivity index (χ1n) is 11.7. The van der Waals surface area contributed by atoms with E-state index in [0.717, 1.165) is 25.7 Å². The van der Waals surface area contributed by atoms with Crippen LogP contribution in [-0.4, -0.2) is 44.0 Å². The highest BCUT2D eigenvalue weighted by Gasteiger charge is 2.71. The molecule has 3 aliphatic carbocycles. The highest BCUT2D eigenvalue weighted by molar-refractivity contribution is 6.74. The van der Waals surface area contributed by atoms with Gasteiger partial charge in [-0.1, -0.05) is 45.1 Å². The van der Waals surface area contributed by atoms with Crippen LogP contribution in [-0.2, 0) is 18.8 Å². The second-order valence-electron chi connectivity index (χ2n) is 11.1. The van der Waals surface area contributed by atoms with Gasteiger partial charge in [-0.2, -0.15) is 0 Å². The van der Waals surface area contributed by atoms with Gasteiger partial charge in [0.2, 0.25) is 0 Å². The molecule has 2 fully saturated rings. The molecule has 0 amide bonds. The number of esters is 1. The minimum Gasteiger partial charge on any atom is -0.469 e. The molecule has 6 heteroatoms. The van der Waals surface area contributed by atoms with Crippen molar-refractivity contribution in [1.29, 1.82) is 0 Å². The number of allylic oxidation sites excluding steroid dienone is 2. The zero-order valence-corrected chi connectivity index (χ0v) is 21.1. The van der Waals surface area contributed by atoms with Crippen molar-refractivity contribution < 1.29 is 23.9 Å². The Morgan fingerprint density at radius 1 is 1.39 bits per heavy atom. The minimum absolute atomic E-state index is 0.0589. The third kappa shape index (κ3) is 4.11. The lowest BCUT2D eigenvalue weighted by atomic mass is 9.39. The predicted molar refractivity (Wildman–Crippen MR) is 124 cm³/mol. The molecule has 0 aliphatic heterocycles. The van der Waals surface area contributed by atoms with Crippen LogP contribution >= 0.6 is 0 Å². The van der Waals surface area contributed by atoms with Crippen LogP contribution in [0.15, 0.2) is 24.3 Å². The number of ether oxygens (including phenoxy) is 1. The third-order valence-corrected chi connectivity index (χ3v) is 12.9. The van der Waals surface area contributed by atoms with Crippen LogP contribution in [0.25, 0.3) is 0 Å². The van der Waals surface area contributed by atoms with E-state index in [1.54, 1.807) is 6.08 Å². The van der Waals surface area contributed by atoms with Crippen LogP contribution in [0.4, 0.5) is 0 Å². The van der Waals surface area contributed by atoms with Gasteiger partial charge in [-0.3, -0.25) is 9.59 Å². The summed E-state index contributed by atoms with van der Waals surface area (Å²) >= 11 is 0. The van der Waals surface area contributed by atoms with Gasteiger partial charge in [0.1, 0.15) is 5.78 Å². The second-order valence-corrected chi connectivity index (χ2v) is 15.9. The Labute approximate surface area is 188 Å². The zero-order chi connectivity index (χ0) is 23.1. The SMILES string of the molecule is COC(=O)CC[C@@H](O)/C=C/[C@@H]1CC2CCC[C@]3(O[Si](C)(C)C(C)(C)C)C=CCC(=O)[C@@]213. The highest BCUT2D eigenvalue weighted by Crippen LogP contribution is 2.68. The Balaban J connectivity index is 1.90. The van der Waals surface area contributed by atoms with Crippen LogP contribution in [0.3, 0.4) is 0 Å². The van der Waals surface area contributed by atoms with E-state index in [-0.39, 0.29) is 23.3 Å². The normalized spacial score (nSPS) is 34.1. The third-order valence-electron chi connectivity index (χ3n) is 8.40. The largest absolute Gasteiger partial charge is 0.469 e. The topological polar surface area (TPSA) is 72.8 Å². The van der Waals surface area contributed by atoms with E-state index in [1.807, 2.05) is 12.2 Å². The van der Waals surface area contributed by atoms with Gasteiger partial charge >= 0.3 is 5.97 Å². The molecule has 0 aromatic heterocycles. The molecular formula is C25H40O5Si. The Morgan fingerprint density at radius 3 is 2.74 bits per heavy atom. The molecule has 3 rings (SSSR count). The van der Waals surface area contributed by atoms with Gasteiger partial charge in [-0.15, -0.1) is 0 Å². The van der Waals surface area contributed by atoms with Crippen LogP contribution in [0, 0.1) is 17.3 Å². The summed E-state index contributed by atoms with van der Waals surface area (Å²) in [6, 6.07) is 0. The van der Waals surface area contributed by atoms with Crippen LogP contribution in [0.5, 0.6) is 0 Å². The molecule has 0 radical (unpaired) electrons. The number of rotatable bonds is 7. The molecule has 3 aliphatic rings. The number of ketones is 1. The lowest BCUT2D eigenvalue weighted by Gasteiger charge is -2.68. The average Bonchev–Trinajstić information content (AvgIpc) is 2.65. The number of Topliss-reactive ketones (excluding diaryl/α,β-unsaturated/α-hetero) is 1. The maximum atomic E-state index is 13.6. The van der Waals surface area contributed by atoms with Crippen molar-refractivity contribution >= 4 is 20.1 Å². The number of aliphatic hydroxyl groups excluding tert-OH is 1. The van der Waals surface area contributed by atoms with Crippen molar-refractivity contribution in [2.24, 2.45) is 17.3 Å². The van der Waals surface area contributed by atoms with Crippen molar-refractivity contribution in [3.63, 3.8) is 0 Å². The molecule has 1 spiro atoms. The lowest BCUT2D eigenvalue weighted by Crippen LogP contribution is -2.72. The summed E-state index contributed by atoms with van der Waals surface area (Å²) in [5, 5.41) is 10.4. The molecule has 0 bridgehead atoms. The number of hydrogen-bond acceptors (Lipinski definition) is 5. The quantitative estimate of drug-likeness (QED) is 0.339. The molecule has 0 heterocycles. The molecule has 5 atom stereocenters. The molecular weight excluding hydrogens is 408 g/mol. The molecule has 1 unspecified atom stereocenters. The summed E-state index contributed by atoms with van der Waals surface area (Å²) in [4.78, 5) is 25.0. The molecule has 5 nitrogen and oxygen atoms in total. The first-order chi connectivity index (χ1) is 14.4. The van der Waals surface area contributed by atoms with Gasteiger partial charge in [-0.05, 0) is 62.1 Å². The van der Waals surface area contributed by atoms with Crippen molar-refractivity contribution in [3.05, 3.63) is 24.3 Å². The number of aliphatic hydroxyl groups is 1. The van der Waals surface area contributed by atoms with Gasteiger partial charge in [0, 0.05) is 12.8 Å². The predicted octanol–water partition coefficient (Wildman–Crippen LogP) is 4.95. The number of carbonyl (C=O) groups is 2. The van der Waals surface area contributed by atoms with Crippen molar-refractivity contribution in [1.82, 2.24) is 0 Å². The second kappa shape index (κ2) is 8.60. The Morgan fingerprint density at radius 2 is 2.10 bits per heavy atom. The fourth-order valence-corrected chi connectivity index (χ4v) is 7.35. The Bertz CT molecular complexity index is 764. The van der Waals surface area contributed by atoms with E-state index in [4.69, 9.17) is 4.43 Å². The first kappa shape index (κ1) is 24.4. The van der Waals surface area contributed by atoms with Crippen LogP contribution in [0.2, 0.25) is 18.1 Å². The van der Waals surface area contributed by atoms with Gasteiger partial charge in [0.15, 0.2) is 8.32 Å². The summed E-state index contributed by atoms with van der Waals surface area (Å²) in [6.45, 7) is 11.3. The Hall–Kier alpha value is -1.24. The maximum Gasteiger partial charge on any atom is 0.305 e. The molecule has 174 valence electrons. The first-order valence-corrected chi connectivity index (χ1v) is 14.6. The standard InChI is InChI=1S/C25H40O5Si/c1-23(2,3)31(5,6)30-24-15-7-9-18-17-19(25(18,24)21(27)10-8-16-24)11-12-20(26)13-14-22(28)29-4/h8,11-12,16,18-20,26H,7,9-10,13-15,17H2,1-6H3/b12-11+/t18?,19-,20+,24+,25-/m1/s1. The summed E-state index contributed by atoms with van der Waals surface area (Å²) in [6.07, 6.45) is 12.3. The summed E-state index contributed by atoms with van der Waals surface area (Å²) in [5.41, 5.74) is -1.06. The number of methoxy groups -OCH3 is 1. The van der Waals surface area contributed by atoms with E-state index < -0.39 is 25.4 Å². The van der Waals surface area contributed by atoms with E-state index >= 15 is 0 Å². The van der Waals surface area contributed by atoms with Crippen LogP contribution in [0.1, 0.15) is 65.7 Å². The van der Waals surface area contributed by atoms with E-state index in [1.165, 1.54) is 7.11 Å². The van der Waals surface area contributed by atoms with Crippen molar-refractivity contribution in [2.45, 2.75) is 95.6 Å². The van der Waals surface area contributed by atoms with Gasteiger partial charge in [0.05, 0.1) is 24.2 Å². The van der Waals surface area contributed by atoms with E-state index in [9.17, 15) is 14.7 Å². The fraction of sp³-hybridized carbons (Fsp3) is 0.760. The van der Waals surface area contributed by atoms with Gasteiger partial charge in [-0.25, -0.2) is 0 Å². The molecule has 31 heavy (non-hydrogen) atoms. The highest BCUT2D eigenvalue weighted by atomic mass is 28.4. The van der Waals surface area contributed by atoms with Gasteiger partial charge < -0.3 is 14.3 Å². The van der Waals surface area contributed by atoms with E-state index in [0.29, 0.717) is 24.5 Å². The number of carbonyl (C=O) groups excluding carboxylic acids is 2. The maximum absolute atomic E-state index is 13.6. The van der Waals surface area contributed by atoms with Gasteiger partial charge in [0.25, 0.3) is 0 Å². The molecule has 1 N–H and O–H groups in total. The molecule has 0 aromatic carbocycles. The summed E-state index contributed by atoms with van der Waals surface area (Å²) in [5.74, 6) is 0.373. The zero-order valence-electron chi connectivity index (χ0n) is 20.1. The monoisotopic (exact) mass is 448 g/mol. The smallest absolute Gasteiger partial charge is 0.305 e. The Kier molecular flexibility index (Phi) is 6.77. The van der Waals surface area contributed by atoms with Crippen LogP contribution < -0.4 is 0 Å². The molecule has 0 aromatic rings. The molecule has 0 saturated heterocycles. The fourth-order valence-electron chi connectivity index (χ4n) is 5.79. The number of hydrogen-bond donors (Lipinski definition) is 1. The lowest BCUT2D eigenvalue weighted by molar-refractivity contribution is -0.196. The summed E-state index contributed by atoms with van der Waals surface area (Å²) in [7, 11) is -0.762. The van der Waals surface area contributed by atoms with Crippen molar-refractivity contribution in [3.8, 4) is 0 Å². The minimum atomic E-state index is -2.11. The average molecular weight is 449 g/mol. The van der Waals surface area contributed by atoms with E-state index in [2.05, 4.69) is 44.7 Å². The van der Waals surface area contributed by atoms with Crippen molar-refractivity contribution in [2.75, 3.05) is 7.11 Å². The molecule has 2 saturated carbocycles. The summed E-state index contributed by atoms with van der Waals surface area (Å²) < 4.78 is 11.8.